The van der Waals surface area contributed by atoms with Crippen molar-refractivity contribution in [1.29, 1.82) is 0 Å². The van der Waals surface area contributed by atoms with Crippen molar-refractivity contribution < 1.29 is 0 Å². The number of aromatic nitrogens is 2. The van der Waals surface area contributed by atoms with E-state index >= 15 is 0 Å². The quantitative estimate of drug-likeness (QED) is 0.811. The van der Waals surface area contributed by atoms with Gasteiger partial charge in [-0.25, -0.2) is 4.98 Å². The molecular weight excluding hydrogens is 278 g/mol. The van der Waals surface area contributed by atoms with Crippen LogP contribution in [0.2, 0.25) is 0 Å². The summed E-state index contributed by atoms with van der Waals surface area (Å²) in [6.07, 6.45) is 1.85. The number of halogens is 1. The molecule has 1 heterocycles. The number of hydrogen-bond donors (Lipinski definition) is 0. The van der Waals surface area contributed by atoms with E-state index in [4.69, 9.17) is 0 Å². The summed E-state index contributed by atoms with van der Waals surface area (Å²) in [5.74, 6) is 0.943. The minimum Gasteiger partial charge on any atom is -0.352 e. The van der Waals surface area contributed by atoms with Crippen molar-refractivity contribution >= 4 is 32.8 Å². The van der Waals surface area contributed by atoms with E-state index in [0.717, 1.165) is 28.7 Å². The standard InChI is InChI=1S/C13H16BrN3/c1-10(2)17(8-7-14)13-9-15-11-5-3-4-6-12(11)16-13/h3-6,9-10H,7-8H2,1-2H3. The van der Waals surface area contributed by atoms with E-state index in [9.17, 15) is 0 Å². The SMILES string of the molecule is CC(C)N(CCBr)c1cnc2ccccc2n1. The summed E-state index contributed by atoms with van der Waals surface area (Å²) in [4.78, 5) is 11.3. The maximum Gasteiger partial charge on any atom is 0.148 e. The second kappa shape index (κ2) is 5.45. The second-order valence-corrected chi connectivity index (χ2v) is 4.99. The molecule has 0 spiro atoms. The number of nitrogens with zero attached hydrogens (tertiary/aromatic N) is 3. The van der Waals surface area contributed by atoms with Crippen molar-refractivity contribution in [2.24, 2.45) is 0 Å². The number of para-hydroxylation sites is 2. The highest BCUT2D eigenvalue weighted by Gasteiger charge is 2.11. The van der Waals surface area contributed by atoms with E-state index in [1.807, 2.05) is 30.5 Å². The average Bonchev–Trinajstić information content (AvgIpc) is 2.35. The summed E-state index contributed by atoms with van der Waals surface area (Å²) < 4.78 is 0. The fourth-order valence-electron chi connectivity index (χ4n) is 1.81. The van der Waals surface area contributed by atoms with E-state index in [2.05, 4.69) is 44.6 Å². The van der Waals surface area contributed by atoms with E-state index in [0.29, 0.717) is 6.04 Å². The fourth-order valence-corrected chi connectivity index (χ4v) is 2.20. The van der Waals surface area contributed by atoms with Crippen LogP contribution >= 0.6 is 15.9 Å². The first-order chi connectivity index (χ1) is 8.22. The number of hydrogen-bond acceptors (Lipinski definition) is 3. The van der Waals surface area contributed by atoms with Gasteiger partial charge in [0.1, 0.15) is 5.82 Å². The van der Waals surface area contributed by atoms with E-state index in [1.54, 1.807) is 0 Å². The summed E-state index contributed by atoms with van der Waals surface area (Å²) in [5, 5.41) is 0.930. The van der Waals surface area contributed by atoms with Crippen molar-refractivity contribution in [3.8, 4) is 0 Å². The van der Waals surface area contributed by atoms with Gasteiger partial charge in [0, 0.05) is 17.9 Å². The highest BCUT2D eigenvalue weighted by Crippen LogP contribution is 2.17. The molecule has 0 unspecified atom stereocenters. The third-order valence-electron chi connectivity index (χ3n) is 2.68. The van der Waals surface area contributed by atoms with Crippen molar-refractivity contribution in [3.05, 3.63) is 30.5 Å². The first-order valence-electron chi connectivity index (χ1n) is 5.77. The van der Waals surface area contributed by atoms with Crippen LogP contribution in [0.1, 0.15) is 13.8 Å². The van der Waals surface area contributed by atoms with E-state index in [1.165, 1.54) is 0 Å². The molecule has 4 heteroatoms. The molecule has 0 N–H and O–H groups in total. The molecule has 0 aliphatic carbocycles. The van der Waals surface area contributed by atoms with Gasteiger partial charge in [0.2, 0.25) is 0 Å². The molecular formula is C13H16BrN3. The first-order valence-corrected chi connectivity index (χ1v) is 6.89. The van der Waals surface area contributed by atoms with Crippen molar-refractivity contribution in [2.45, 2.75) is 19.9 Å². The van der Waals surface area contributed by atoms with Gasteiger partial charge in [0.15, 0.2) is 0 Å². The third kappa shape index (κ3) is 2.75. The Kier molecular flexibility index (Phi) is 3.94. The third-order valence-corrected chi connectivity index (χ3v) is 3.03. The van der Waals surface area contributed by atoms with Gasteiger partial charge in [0.25, 0.3) is 0 Å². The molecule has 0 saturated heterocycles. The van der Waals surface area contributed by atoms with E-state index < -0.39 is 0 Å². The molecule has 1 aromatic carbocycles. The van der Waals surface area contributed by atoms with Crippen LogP contribution in [0.4, 0.5) is 5.82 Å². The molecule has 3 nitrogen and oxygen atoms in total. The smallest absolute Gasteiger partial charge is 0.148 e. The second-order valence-electron chi connectivity index (χ2n) is 4.19. The van der Waals surface area contributed by atoms with Crippen molar-refractivity contribution in [1.82, 2.24) is 9.97 Å². The zero-order valence-electron chi connectivity index (χ0n) is 10.1. The van der Waals surface area contributed by atoms with Crippen molar-refractivity contribution in [2.75, 3.05) is 16.8 Å². The Balaban J connectivity index is 2.40. The lowest BCUT2D eigenvalue weighted by Crippen LogP contribution is -2.33. The Labute approximate surface area is 110 Å². The average molecular weight is 294 g/mol. The van der Waals surface area contributed by atoms with Crippen LogP contribution in [0.25, 0.3) is 11.0 Å². The Morgan fingerprint density at radius 2 is 1.94 bits per heavy atom. The van der Waals surface area contributed by atoms with E-state index in [-0.39, 0.29) is 0 Å². The van der Waals surface area contributed by atoms with Gasteiger partial charge in [-0.2, -0.15) is 0 Å². The molecule has 17 heavy (non-hydrogen) atoms. The number of rotatable bonds is 4. The van der Waals surface area contributed by atoms with Gasteiger partial charge >= 0.3 is 0 Å². The van der Waals surface area contributed by atoms with Crippen LogP contribution in [0, 0.1) is 0 Å². The zero-order valence-corrected chi connectivity index (χ0v) is 11.7. The summed E-state index contributed by atoms with van der Waals surface area (Å²) in [5.41, 5.74) is 1.89. The highest BCUT2D eigenvalue weighted by atomic mass is 79.9. The summed E-state index contributed by atoms with van der Waals surface area (Å²) in [6, 6.07) is 8.37. The van der Waals surface area contributed by atoms with Gasteiger partial charge in [-0.05, 0) is 26.0 Å². The molecule has 1 aromatic heterocycles. The molecule has 0 amide bonds. The van der Waals surface area contributed by atoms with Gasteiger partial charge < -0.3 is 4.90 Å². The Morgan fingerprint density at radius 3 is 2.59 bits per heavy atom. The number of anilines is 1. The maximum absolute atomic E-state index is 4.66. The Morgan fingerprint density at radius 1 is 1.24 bits per heavy atom. The highest BCUT2D eigenvalue weighted by molar-refractivity contribution is 9.09. The van der Waals surface area contributed by atoms with Crippen LogP contribution in [-0.4, -0.2) is 27.9 Å². The molecule has 2 aromatic rings. The van der Waals surface area contributed by atoms with Crippen LogP contribution in [0.5, 0.6) is 0 Å². The van der Waals surface area contributed by atoms with Crippen molar-refractivity contribution in [3.63, 3.8) is 0 Å². The van der Waals surface area contributed by atoms with Crippen LogP contribution < -0.4 is 4.90 Å². The normalized spacial score (nSPS) is 11.1. The molecule has 0 fully saturated rings. The molecule has 0 bridgehead atoms. The fraction of sp³-hybridized carbons (Fsp3) is 0.385. The van der Waals surface area contributed by atoms with Gasteiger partial charge in [0.05, 0.1) is 17.2 Å². The number of alkyl halides is 1. The predicted molar refractivity (Wildman–Crippen MR) is 75.8 cm³/mol. The summed E-state index contributed by atoms with van der Waals surface area (Å²) in [6.45, 7) is 5.27. The molecule has 0 aliphatic heterocycles. The molecule has 0 radical (unpaired) electrons. The lowest BCUT2D eigenvalue weighted by molar-refractivity contribution is 0.697. The zero-order chi connectivity index (χ0) is 12.3. The largest absolute Gasteiger partial charge is 0.352 e. The molecule has 0 atom stereocenters. The van der Waals surface area contributed by atoms with Gasteiger partial charge in [-0.1, -0.05) is 28.1 Å². The monoisotopic (exact) mass is 293 g/mol. The molecule has 2 rings (SSSR count). The predicted octanol–water partition coefficient (Wildman–Crippen LogP) is 3.24. The maximum atomic E-state index is 4.66. The summed E-state index contributed by atoms with van der Waals surface area (Å²) >= 11 is 3.48. The number of benzene rings is 1. The van der Waals surface area contributed by atoms with Crippen LogP contribution in [0.3, 0.4) is 0 Å². The lowest BCUT2D eigenvalue weighted by atomic mass is 10.3. The number of fused-ring (bicyclic) bond motifs is 1. The Hall–Kier alpha value is -1.16. The minimum atomic E-state index is 0.419. The topological polar surface area (TPSA) is 29.0 Å². The molecule has 0 saturated carbocycles. The molecule has 90 valence electrons. The van der Waals surface area contributed by atoms with Crippen LogP contribution in [0.15, 0.2) is 30.5 Å². The Bertz CT molecular complexity index is 499. The van der Waals surface area contributed by atoms with Gasteiger partial charge in [-0.3, -0.25) is 4.98 Å². The minimum absolute atomic E-state index is 0.419. The first kappa shape index (κ1) is 12.3. The molecule has 0 aliphatic rings. The lowest BCUT2D eigenvalue weighted by Gasteiger charge is -2.26. The van der Waals surface area contributed by atoms with Crippen LogP contribution in [-0.2, 0) is 0 Å². The summed E-state index contributed by atoms with van der Waals surface area (Å²) in [7, 11) is 0. The van der Waals surface area contributed by atoms with Gasteiger partial charge in [-0.15, -0.1) is 0 Å².